The van der Waals surface area contributed by atoms with Gasteiger partial charge in [0.1, 0.15) is 18.2 Å². The maximum Gasteiger partial charge on any atom is 0.266 e. The predicted molar refractivity (Wildman–Crippen MR) is 142 cm³/mol. The average Bonchev–Trinajstić information content (AvgIpc) is 2.87. The number of aryl methyl sites for hydroxylation is 1. The Morgan fingerprint density at radius 3 is 2.54 bits per heavy atom. The van der Waals surface area contributed by atoms with Crippen molar-refractivity contribution in [2.45, 2.75) is 13.5 Å². The molecule has 0 saturated carbocycles. The fourth-order valence-corrected chi connectivity index (χ4v) is 4.26. The summed E-state index contributed by atoms with van der Waals surface area (Å²) in [6, 6.07) is 27.1. The Morgan fingerprint density at radius 1 is 1.06 bits per heavy atom. The Balaban J connectivity index is 1.56. The van der Waals surface area contributed by atoms with Crippen molar-refractivity contribution in [1.82, 2.24) is 0 Å². The maximum atomic E-state index is 12.6. The van der Waals surface area contributed by atoms with E-state index in [4.69, 9.17) is 9.47 Å². The molecule has 0 fully saturated rings. The number of hydrogen-bond acceptors (Lipinski definition) is 4. The van der Waals surface area contributed by atoms with E-state index in [1.807, 2.05) is 49.4 Å². The number of rotatable bonds is 7. The number of nitriles is 1. The molecule has 0 atom stereocenters. The van der Waals surface area contributed by atoms with Gasteiger partial charge in [-0.05, 0) is 75.1 Å². The van der Waals surface area contributed by atoms with E-state index < -0.39 is 5.91 Å². The SMILES string of the molecule is COc1cc(/C=C(/C#N)C(=O)Nc2ccc(C)cc2)cc(Br)c1OCc1cccc2ccccc12. The molecular formula is C29H23BrN2O3. The second-order valence-electron chi connectivity index (χ2n) is 7.95. The number of nitrogens with one attached hydrogen (secondary N) is 1. The van der Waals surface area contributed by atoms with Gasteiger partial charge in [0.15, 0.2) is 11.5 Å². The van der Waals surface area contributed by atoms with Gasteiger partial charge in [-0.3, -0.25) is 4.79 Å². The molecule has 0 spiro atoms. The molecule has 35 heavy (non-hydrogen) atoms. The number of ether oxygens (including phenoxy) is 2. The molecule has 0 unspecified atom stereocenters. The zero-order valence-corrected chi connectivity index (χ0v) is 20.9. The lowest BCUT2D eigenvalue weighted by molar-refractivity contribution is -0.112. The molecule has 0 saturated heterocycles. The van der Waals surface area contributed by atoms with Gasteiger partial charge in [0.25, 0.3) is 5.91 Å². The molecule has 0 bridgehead atoms. The highest BCUT2D eigenvalue weighted by Crippen LogP contribution is 2.38. The number of halogens is 1. The minimum absolute atomic E-state index is 0.0241. The van der Waals surface area contributed by atoms with Crippen molar-refractivity contribution < 1.29 is 14.3 Å². The van der Waals surface area contributed by atoms with Gasteiger partial charge < -0.3 is 14.8 Å². The fraction of sp³-hybridized carbons (Fsp3) is 0.103. The molecule has 4 rings (SSSR count). The van der Waals surface area contributed by atoms with Crippen LogP contribution < -0.4 is 14.8 Å². The third-order valence-electron chi connectivity index (χ3n) is 5.49. The molecule has 0 heterocycles. The van der Waals surface area contributed by atoms with Crippen molar-refractivity contribution in [3.8, 4) is 17.6 Å². The number of carbonyl (C=O) groups excluding carboxylic acids is 1. The van der Waals surface area contributed by atoms with Crippen LogP contribution in [0.15, 0.2) is 88.9 Å². The van der Waals surface area contributed by atoms with E-state index in [1.165, 1.54) is 6.08 Å². The van der Waals surface area contributed by atoms with E-state index in [9.17, 15) is 10.1 Å². The van der Waals surface area contributed by atoms with Crippen molar-refractivity contribution in [1.29, 1.82) is 5.26 Å². The summed E-state index contributed by atoms with van der Waals surface area (Å²) in [6.07, 6.45) is 1.52. The smallest absolute Gasteiger partial charge is 0.266 e. The van der Waals surface area contributed by atoms with Gasteiger partial charge in [0.05, 0.1) is 11.6 Å². The maximum absolute atomic E-state index is 12.6. The summed E-state index contributed by atoms with van der Waals surface area (Å²) in [5, 5.41) is 14.6. The van der Waals surface area contributed by atoms with Crippen molar-refractivity contribution in [2.75, 3.05) is 12.4 Å². The van der Waals surface area contributed by atoms with Gasteiger partial charge in [-0.25, -0.2) is 0 Å². The van der Waals surface area contributed by atoms with Gasteiger partial charge in [-0.2, -0.15) is 5.26 Å². The molecule has 174 valence electrons. The van der Waals surface area contributed by atoms with Crippen LogP contribution in [-0.4, -0.2) is 13.0 Å². The Kier molecular flexibility index (Phi) is 7.49. The minimum Gasteiger partial charge on any atom is -0.493 e. The Bertz CT molecular complexity index is 1450. The number of benzene rings is 4. The third kappa shape index (κ3) is 5.71. The summed E-state index contributed by atoms with van der Waals surface area (Å²) in [5.41, 5.74) is 3.36. The third-order valence-corrected chi connectivity index (χ3v) is 6.08. The van der Waals surface area contributed by atoms with Crippen LogP contribution in [0.4, 0.5) is 5.69 Å². The molecule has 4 aromatic rings. The van der Waals surface area contributed by atoms with Gasteiger partial charge >= 0.3 is 0 Å². The van der Waals surface area contributed by atoms with E-state index in [-0.39, 0.29) is 5.57 Å². The molecule has 0 aromatic heterocycles. The summed E-state index contributed by atoms with van der Waals surface area (Å²) < 4.78 is 12.3. The van der Waals surface area contributed by atoms with Crippen LogP contribution in [0.2, 0.25) is 0 Å². The molecule has 0 aliphatic rings. The van der Waals surface area contributed by atoms with Gasteiger partial charge in [-0.1, -0.05) is 60.2 Å². The van der Waals surface area contributed by atoms with Gasteiger partial charge in [0.2, 0.25) is 0 Å². The summed E-state index contributed by atoms with van der Waals surface area (Å²) in [4.78, 5) is 12.6. The highest BCUT2D eigenvalue weighted by atomic mass is 79.9. The minimum atomic E-state index is -0.484. The number of fused-ring (bicyclic) bond motifs is 1. The zero-order chi connectivity index (χ0) is 24.8. The molecule has 1 N–H and O–H groups in total. The molecule has 5 nitrogen and oxygen atoms in total. The first-order chi connectivity index (χ1) is 17.0. The van der Waals surface area contributed by atoms with Crippen LogP contribution in [0.5, 0.6) is 11.5 Å². The lowest BCUT2D eigenvalue weighted by Gasteiger charge is -2.15. The number of methoxy groups -OCH3 is 1. The van der Waals surface area contributed by atoms with Crippen molar-refractivity contribution in [3.63, 3.8) is 0 Å². The predicted octanol–water partition coefficient (Wildman–Crippen LogP) is 7.04. The average molecular weight is 527 g/mol. The van der Waals surface area contributed by atoms with E-state index >= 15 is 0 Å². The summed E-state index contributed by atoms with van der Waals surface area (Å²) >= 11 is 3.55. The van der Waals surface area contributed by atoms with Crippen molar-refractivity contribution in [3.05, 3.63) is 106 Å². The normalized spacial score (nSPS) is 11.1. The van der Waals surface area contributed by atoms with Crippen LogP contribution in [0.25, 0.3) is 16.8 Å². The van der Waals surface area contributed by atoms with Crippen molar-refractivity contribution >= 4 is 44.4 Å². The highest BCUT2D eigenvalue weighted by Gasteiger charge is 2.15. The lowest BCUT2D eigenvalue weighted by Crippen LogP contribution is -2.13. The number of carbonyl (C=O) groups is 1. The topological polar surface area (TPSA) is 71.3 Å². The second-order valence-corrected chi connectivity index (χ2v) is 8.81. The molecule has 4 aromatic carbocycles. The molecule has 1 amide bonds. The monoisotopic (exact) mass is 526 g/mol. The summed E-state index contributed by atoms with van der Waals surface area (Å²) in [5.74, 6) is 0.546. The van der Waals surface area contributed by atoms with Crippen LogP contribution in [0, 0.1) is 18.3 Å². The van der Waals surface area contributed by atoms with Crippen molar-refractivity contribution in [2.24, 2.45) is 0 Å². The zero-order valence-electron chi connectivity index (χ0n) is 19.3. The van der Waals surface area contributed by atoms with E-state index in [2.05, 4.69) is 39.4 Å². The first-order valence-corrected chi connectivity index (χ1v) is 11.7. The summed E-state index contributed by atoms with van der Waals surface area (Å²) in [6.45, 7) is 2.32. The number of amides is 1. The summed E-state index contributed by atoms with van der Waals surface area (Å²) in [7, 11) is 1.55. The number of anilines is 1. The molecule has 0 aliphatic heterocycles. The van der Waals surface area contributed by atoms with E-state index in [0.29, 0.717) is 33.8 Å². The van der Waals surface area contributed by atoms with Crippen LogP contribution in [0.3, 0.4) is 0 Å². The van der Waals surface area contributed by atoms with Crippen LogP contribution in [0.1, 0.15) is 16.7 Å². The highest BCUT2D eigenvalue weighted by molar-refractivity contribution is 9.10. The number of nitrogens with zero attached hydrogens (tertiary/aromatic N) is 1. The standard InChI is InChI=1S/C29H23BrN2O3/c1-19-10-12-24(13-11-19)32-29(33)23(17-31)14-20-15-26(30)28(27(16-20)34-2)35-18-22-8-5-7-21-6-3-4-9-25(21)22/h3-16H,18H2,1-2H3,(H,32,33)/b23-14-. The fourth-order valence-electron chi connectivity index (χ4n) is 3.68. The quantitative estimate of drug-likeness (QED) is 0.207. The van der Waals surface area contributed by atoms with Crippen LogP contribution in [-0.2, 0) is 11.4 Å². The van der Waals surface area contributed by atoms with E-state index in [1.54, 1.807) is 31.4 Å². The first-order valence-electron chi connectivity index (χ1n) is 11.0. The molecule has 0 aliphatic carbocycles. The molecular weight excluding hydrogens is 504 g/mol. The Morgan fingerprint density at radius 2 is 1.80 bits per heavy atom. The lowest BCUT2D eigenvalue weighted by atomic mass is 10.1. The molecule has 6 heteroatoms. The van der Waals surface area contributed by atoms with Gasteiger partial charge in [-0.15, -0.1) is 0 Å². The largest absolute Gasteiger partial charge is 0.493 e. The second kappa shape index (κ2) is 10.9. The van der Waals surface area contributed by atoms with E-state index in [0.717, 1.165) is 21.9 Å². The Hall–Kier alpha value is -4.08. The Labute approximate surface area is 212 Å². The first kappa shape index (κ1) is 24.1. The van der Waals surface area contributed by atoms with Gasteiger partial charge in [0, 0.05) is 5.69 Å². The molecule has 0 radical (unpaired) electrons. The number of hydrogen-bond donors (Lipinski definition) is 1. The van der Waals surface area contributed by atoms with Crippen LogP contribution >= 0.6 is 15.9 Å².